The van der Waals surface area contributed by atoms with Crippen molar-refractivity contribution >= 4 is 0 Å². The van der Waals surface area contributed by atoms with Crippen molar-refractivity contribution in [3.63, 3.8) is 0 Å². The molecule has 4 heteroatoms. The Morgan fingerprint density at radius 1 is 0.704 bits per heavy atom. The average molecular weight is 387 g/mol. The second kappa shape index (κ2) is 23.5. The summed E-state index contributed by atoms with van der Waals surface area (Å²) >= 11 is 0. The topological polar surface area (TPSA) is 36.9 Å². The highest BCUT2D eigenvalue weighted by molar-refractivity contribution is 4.72. The van der Waals surface area contributed by atoms with Gasteiger partial charge in [-0.15, -0.1) is 0 Å². The van der Waals surface area contributed by atoms with Gasteiger partial charge in [0.05, 0.1) is 6.26 Å². The second-order valence-electron chi connectivity index (χ2n) is 7.08. The van der Waals surface area contributed by atoms with Crippen LogP contribution in [0.1, 0.15) is 104 Å². The zero-order chi connectivity index (χ0) is 19.8. The van der Waals surface area contributed by atoms with Crippen LogP contribution in [0.2, 0.25) is 0 Å². The van der Waals surface area contributed by atoms with E-state index < -0.39 is 0 Å². The third kappa shape index (κ3) is 21.6. The average Bonchev–Trinajstić information content (AvgIpc) is 2.69. The van der Waals surface area contributed by atoms with E-state index in [4.69, 9.17) is 18.9 Å². The molecule has 4 nitrogen and oxygen atoms in total. The highest BCUT2D eigenvalue weighted by atomic mass is 16.7. The molecule has 27 heavy (non-hydrogen) atoms. The maximum absolute atomic E-state index is 5.78. The van der Waals surface area contributed by atoms with Gasteiger partial charge in [0.15, 0.2) is 13.1 Å². The van der Waals surface area contributed by atoms with E-state index in [1.165, 1.54) is 57.8 Å². The lowest BCUT2D eigenvalue weighted by Gasteiger charge is -2.18. The van der Waals surface area contributed by atoms with Crippen LogP contribution in [0.15, 0.2) is 12.3 Å². The first-order valence-electron chi connectivity index (χ1n) is 11.4. The Morgan fingerprint density at radius 3 is 1.81 bits per heavy atom. The summed E-state index contributed by atoms with van der Waals surface area (Å²) in [5, 5.41) is 0. The molecule has 0 aliphatic carbocycles. The summed E-state index contributed by atoms with van der Waals surface area (Å²) in [4.78, 5) is 0. The van der Waals surface area contributed by atoms with Crippen LogP contribution in [0.3, 0.4) is 0 Å². The van der Waals surface area contributed by atoms with Crippen molar-refractivity contribution < 1.29 is 18.9 Å². The molecule has 0 fully saturated rings. The normalized spacial score (nSPS) is 11.7. The molecule has 0 radical (unpaired) electrons. The van der Waals surface area contributed by atoms with E-state index in [0.29, 0.717) is 13.4 Å². The molecule has 162 valence electrons. The second-order valence-corrected chi connectivity index (χ2v) is 7.08. The van der Waals surface area contributed by atoms with E-state index >= 15 is 0 Å². The molecule has 0 amide bonds. The molecule has 0 aliphatic heterocycles. The Kier molecular flexibility index (Phi) is 23.0. The molecular weight excluding hydrogens is 340 g/mol. The van der Waals surface area contributed by atoms with Crippen LogP contribution in [0, 0.1) is 0 Å². The molecule has 0 spiro atoms. The third-order valence-electron chi connectivity index (χ3n) is 4.37. The predicted octanol–water partition coefficient (Wildman–Crippen LogP) is 6.98. The fourth-order valence-electron chi connectivity index (χ4n) is 2.83. The summed E-state index contributed by atoms with van der Waals surface area (Å²) in [5.74, 6) is 0. The Labute approximate surface area is 169 Å². The smallest absolute Gasteiger partial charge is 0.188 e. The van der Waals surface area contributed by atoms with Crippen molar-refractivity contribution in [2.75, 3.05) is 26.6 Å². The van der Waals surface area contributed by atoms with Crippen LogP contribution in [-0.4, -0.2) is 32.9 Å². The van der Waals surface area contributed by atoms with Crippen LogP contribution < -0.4 is 0 Å². The quantitative estimate of drug-likeness (QED) is 0.114. The van der Waals surface area contributed by atoms with Crippen LogP contribution in [0.4, 0.5) is 0 Å². The summed E-state index contributed by atoms with van der Waals surface area (Å²) < 4.78 is 21.9. The molecule has 0 aliphatic rings. The van der Waals surface area contributed by atoms with Crippen LogP contribution in [-0.2, 0) is 18.9 Å². The first-order valence-corrected chi connectivity index (χ1v) is 11.4. The van der Waals surface area contributed by atoms with Gasteiger partial charge in [0.2, 0.25) is 0 Å². The minimum absolute atomic E-state index is 0.0171. The molecule has 0 rings (SSSR count). The number of unbranched alkanes of at least 4 members (excludes halogenated alkanes) is 9. The number of hydrogen-bond acceptors (Lipinski definition) is 4. The summed E-state index contributed by atoms with van der Waals surface area (Å²) in [6.07, 6.45) is 20.0. The van der Waals surface area contributed by atoms with Crippen molar-refractivity contribution in [3.8, 4) is 0 Å². The van der Waals surface area contributed by atoms with E-state index in [1.54, 1.807) is 6.26 Å². The predicted molar refractivity (Wildman–Crippen MR) is 114 cm³/mol. The molecule has 0 atom stereocenters. The molecule has 0 unspecified atom stereocenters. The van der Waals surface area contributed by atoms with Gasteiger partial charge in [-0.05, 0) is 51.5 Å². The van der Waals surface area contributed by atoms with Gasteiger partial charge in [-0.25, -0.2) is 0 Å². The summed E-state index contributed by atoms with van der Waals surface area (Å²) in [5.41, 5.74) is 0. The molecule has 0 aromatic rings. The van der Waals surface area contributed by atoms with Crippen molar-refractivity contribution in [3.05, 3.63) is 12.3 Å². The fraction of sp³-hybridized carbons (Fsp3) is 0.913. The molecule has 0 aromatic heterocycles. The number of rotatable bonds is 22. The van der Waals surface area contributed by atoms with E-state index in [0.717, 1.165) is 38.9 Å². The number of ether oxygens (including phenoxy) is 4. The largest absolute Gasteiger partial charge is 0.475 e. The summed E-state index contributed by atoms with van der Waals surface area (Å²) in [6, 6.07) is 0. The van der Waals surface area contributed by atoms with Crippen molar-refractivity contribution in [1.29, 1.82) is 0 Å². The monoisotopic (exact) mass is 386 g/mol. The first kappa shape index (κ1) is 26.4. The van der Waals surface area contributed by atoms with Crippen molar-refractivity contribution in [2.45, 2.75) is 111 Å². The lowest BCUT2D eigenvalue weighted by atomic mass is 10.1. The molecular formula is C23H46O4. The lowest BCUT2D eigenvalue weighted by molar-refractivity contribution is -0.146. The fourth-order valence-corrected chi connectivity index (χ4v) is 2.83. The Morgan fingerprint density at radius 2 is 1.26 bits per heavy atom. The van der Waals surface area contributed by atoms with E-state index in [2.05, 4.69) is 19.9 Å². The van der Waals surface area contributed by atoms with Gasteiger partial charge in [0.25, 0.3) is 0 Å². The Balaban J connectivity index is 3.31. The van der Waals surface area contributed by atoms with E-state index in [-0.39, 0.29) is 6.29 Å². The van der Waals surface area contributed by atoms with Gasteiger partial charge in [0.1, 0.15) is 0 Å². The van der Waals surface area contributed by atoms with Gasteiger partial charge in [-0.2, -0.15) is 0 Å². The highest BCUT2D eigenvalue weighted by Crippen LogP contribution is 2.14. The van der Waals surface area contributed by atoms with Crippen LogP contribution in [0.25, 0.3) is 0 Å². The summed E-state index contributed by atoms with van der Waals surface area (Å²) in [7, 11) is 0. The summed E-state index contributed by atoms with van der Waals surface area (Å²) in [6.45, 7) is 8.95. The standard InChI is InChI=1S/C23H46O4/c1-4-19-26-23(27-20-5-2)18-16-14-12-10-8-7-9-11-13-15-17-21-25-22-24-6-3/h17,21,23H,4-16,18-20,22H2,1-3H3. The van der Waals surface area contributed by atoms with Gasteiger partial charge < -0.3 is 18.9 Å². The van der Waals surface area contributed by atoms with Gasteiger partial charge in [-0.3, -0.25) is 0 Å². The lowest BCUT2D eigenvalue weighted by Crippen LogP contribution is -2.18. The van der Waals surface area contributed by atoms with Crippen LogP contribution >= 0.6 is 0 Å². The Bertz CT molecular complexity index is 286. The Hall–Kier alpha value is -0.580. The molecule has 0 saturated heterocycles. The molecule has 0 heterocycles. The van der Waals surface area contributed by atoms with Crippen molar-refractivity contribution in [1.82, 2.24) is 0 Å². The van der Waals surface area contributed by atoms with E-state index in [9.17, 15) is 0 Å². The van der Waals surface area contributed by atoms with Gasteiger partial charge in [-0.1, -0.05) is 58.8 Å². The minimum Gasteiger partial charge on any atom is -0.475 e. The van der Waals surface area contributed by atoms with Crippen LogP contribution in [0.5, 0.6) is 0 Å². The van der Waals surface area contributed by atoms with E-state index in [1.807, 2.05) is 6.92 Å². The SMILES string of the molecule is CCCOC(CCCCCCCCCCCC=COCOCC)OCCC. The van der Waals surface area contributed by atoms with Gasteiger partial charge in [0, 0.05) is 19.8 Å². The molecule has 0 saturated carbocycles. The maximum atomic E-state index is 5.78. The number of hydrogen-bond donors (Lipinski definition) is 0. The maximum Gasteiger partial charge on any atom is 0.188 e. The minimum atomic E-state index is 0.0171. The van der Waals surface area contributed by atoms with Gasteiger partial charge >= 0.3 is 0 Å². The molecule has 0 aromatic carbocycles. The first-order chi connectivity index (χ1) is 13.3. The molecule has 0 bridgehead atoms. The molecule has 0 N–H and O–H groups in total. The highest BCUT2D eigenvalue weighted by Gasteiger charge is 2.08. The zero-order valence-corrected chi connectivity index (χ0v) is 18.4. The number of allylic oxidation sites excluding steroid dienone is 1. The zero-order valence-electron chi connectivity index (χ0n) is 18.4. The van der Waals surface area contributed by atoms with Crippen molar-refractivity contribution in [2.24, 2.45) is 0 Å². The third-order valence-corrected chi connectivity index (χ3v) is 4.37.